The van der Waals surface area contributed by atoms with Gasteiger partial charge in [0, 0.05) is 24.7 Å². The minimum atomic E-state index is -0.326. The Balaban J connectivity index is 1.90. The number of carbonyl (C=O) groups is 2. The van der Waals surface area contributed by atoms with Crippen molar-refractivity contribution >= 4 is 11.9 Å². The zero-order chi connectivity index (χ0) is 23.5. The lowest BCUT2D eigenvalue weighted by Gasteiger charge is -2.31. The number of rotatable bonds is 6. The smallest absolute Gasteiger partial charge is 0.308 e. The van der Waals surface area contributed by atoms with Crippen LogP contribution < -0.4 is 9.47 Å². The van der Waals surface area contributed by atoms with E-state index in [0.717, 1.165) is 11.1 Å². The fraction of sp³-hybridized carbons (Fsp3) is 0.286. The topological polar surface area (TPSA) is 52.6 Å². The van der Waals surface area contributed by atoms with Crippen molar-refractivity contribution in [3.05, 3.63) is 95.1 Å². The maximum Gasteiger partial charge on any atom is 0.308 e. The predicted molar refractivity (Wildman–Crippen MR) is 126 cm³/mol. The number of carbonyl (C=O) groups excluding carboxylic acids is 2. The number of esters is 2. The molecule has 0 aliphatic heterocycles. The van der Waals surface area contributed by atoms with Gasteiger partial charge in [-0.15, -0.1) is 0 Å². The largest absolute Gasteiger partial charge is 0.427 e. The number of benzene rings is 3. The molecule has 0 saturated heterocycles. The van der Waals surface area contributed by atoms with Gasteiger partial charge in [-0.1, -0.05) is 76.2 Å². The molecule has 166 valence electrons. The van der Waals surface area contributed by atoms with E-state index in [2.05, 4.69) is 52.0 Å². The molecular formula is C28H30O4. The second kappa shape index (κ2) is 8.99. The summed E-state index contributed by atoms with van der Waals surface area (Å²) in [6.07, 6.45) is 0. The van der Waals surface area contributed by atoms with Gasteiger partial charge in [-0.2, -0.15) is 0 Å². The van der Waals surface area contributed by atoms with Crippen LogP contribution in [0, 0.1) is 0 Å². The Hall–Kier alpha value is -3.40. The monoisotopic (exact) mass is 430 g/mol. The van der Waals surface area contributed by atoms with Crippen molar-refractivity contribution < 1.29 is 19.1 Å². The predicted octanol–water partition coefficient (Wildman–Crippen LogP) is 6.19. The van der Waals surface area contributed by atoms with E-state index in [1.807, 2.05) is 48.5 Å². The summed E-state index contributed by atoms with van der Waals surface area (Å²) >= 11 is 0. The molecule has 4 heteroatoms. The molecule has 0 fully saturated rings. The second-order valence-electron chi connectivity index (χ2n) is 9.07. The Morgan fingerprint density at radius 3 is 1.22 bits per heavy atom. The van der Waals surface area contributed by atoms with Crippen LogP contribution in [-0.2, 0) is 20.4 Å². The van der Waals surface area contributed by atoms with Crippen LogP contribution in [0.2, 0.25) is 0 Å². The average Bonchev–Trinajstić information content (AvgIpc) is 2.74. The first kappa shape index (κ1) is 23.3. The van der Waals surface area contributed by atoms with E-state index in [-0.39, 0.29) is 22.8 Å². The Labute approximate surface area is 190 Å². The first-order valence-corrected chi connectivity index (χ1v) is 10.7. The van der Waals surface area contributed by atoms with Crippen molar-refractivity contribution in [3.8, 4) is 11.5 Å². The van der Waals surface area contributed by atoms with Crippen LogP contribution in [-0.4, -0.2) is 11.9 Å². The van der Waals surface area contributed by atoms with Crippen LogP contribution in [0.15, 0.2) is 72.8 Å². The van der Waals surface area contributed by atoms with Crippen LogP contribution in [0.1, 0.15) is 63.8 Å². The Morgan fingerprint density at radius 1 is 0.562 bits per heavy atom. The number of ether oxygens (including phenoxy) is 2. The van der Waals surface area contributed by atoms with E-state index in [0.29, 0.717) is 11.5 Å². The summed E-state index contributed by atoms with van der Waals surface area (Å²) in [5, 5.41) is 0. The lowest BCUT2D eigenvalue weighted by molar-refractivity contribution is -0.132. The van der Waals surface area contributed by atoms with Gasteiger partial charge in [-0.3, -0.25) is 9.59 Å². The molecule has 0 amide bonds. The van der Waals surface area contributed by atoms with Gasteiger partial charge in [0.2, 0.25) is 0 Å². The Bertz CT molecular complexity index is 1020. The van der Waals surface area contributed by atoms with E-state index in [1.54, 1.807) is 0 Å². The molecule has 0 spiro atoms. The molecule has 3 aromatic rings. The fourth-order valence-corrected chi connectivity index (χ4v) is 3.84. The van der Waals surface area contributed by atoms with E-state index >= 15 is 0 Å². The summed E-state index contributed by atoms with van der Waals surface area (Å²) in [5.41, 5.74) is 4.18. The molecule has 0 radical (unpaired) electrons. The molecule has 0 aliphatic rings. The minimum absolute atomic E-state index is 0.236. The van der Waals surface area contributed by atoms with Crippen molar-refractivity contribution in [1.82, 2.24) is 0 Å². The van der Waals surface area contributed by atoms with Gasteiger partial charge in [0.1, 0.15) is 11.5 Å². The third-order valence-corrected chi connectivity index (χ3v) is 5.98. The summed E-state index contributed by atoms with van der Waals surface area (Å²) in [6.45, 7) is 11.5. The zero-order valence-corrected chi connectivity index (χ0v) is 19.6. The summed E-state index contributed by atoms with van der Waals surface area (Å²) < 4.78 is 10.3. The van der Waals surface area contributed by atoms with Crippen LogP contribution >= 0.6 is 0 Å². The Kier molecular flexibility index (Phi) is 6.54. The molecule has 0 atom stereocenters. The van der Waals surface area contributed by atoms with E-state index < -0.39 is 0 Å². The van der Waals surface area contributed by atoms with E-state index in [1.165, 1.54) is 25.0 Å². The molecule has 0 heterocycles. The first-order valence-electron chi connectivity index (χ1n) is 10.7. The first-order chi connectivity index (χ1) is 15.0. The lowest BCUT2D eigenvalue weighted by Crippen LogP contribution is -2.23. The number of hydrogen-bond donors (Lipinski definition) is 0. The summed E-state index contributed by atoms with van der Waals surface area (Å²) in [4.78, 5) is 22.4. The van der Waals surface area contributed by atoms with Gasteiger partial charge in [0.25, 0.3) is 0 Å². The Morgan fingerprint density at radius 2 is 0.906 bits per heavy atom. The standard InChI is InChI=1S/C28H30O4/c1-19(29)31-25-14-10-21(11-15-25)27(3,4)23-8-7-9-24(18-23)28(5,6)22-12-16-26(17-13-22)32-20(2)30/h7-18H,1-6H3. The minimum Gasteiger partial charge on any atom is -0.427 e. The molecule has 0 aromatic heterocycles. The molecule has 32 heavy (non-hydrogen) atoms. The highest BCUT2D eigenvalue weighted by atomic mass is 16.5. The fourth-order valence-electron chi connectivity index (χ4n) is 3.84. The second-order valence-corrected chi connectivity index (χ2v) is 9.07. The van der Waals surface area contributed by atoms with Crippen molar-refractivity contribution in [2.45, 2.75) is 52.4 Å². The van der Waals surface area contributed by atoms with Crippen LogP contribution in [0.3, 0.4) is 0 Å². The van der Waals surface area contributed by atoms with Gasteiger partial charge >= 0.3 is 11.9 Å². The van der Waals surface area contributed by atoms with Crippen molar-refractivity contribution in [2.75, 3.05) is 0 Å². The van der Waals surface area contributed by atoms with Gasteiger partial charge in [0.15, 0.2) is 0 Å². The third kappa shape index (κ3) is 5.08. The highest BCUT2D eigenvalue weighted by molar-refractivity contribution is 5.69. The lowest BCUT2D eigenvalue weighted by atomic mass is 9.73. The SMILES string of the molecule is CC(=O)Oc1ccc(C(C)(C)c2cccc(C(C)(C)c3ccc(OC(C)=O)cc3)c2)cc1. The summed E-state index contributed by atoms with van der Waals surface area (Å²) in [5.74, 6) is 0.439. The average molecular weight is 431 g/mol. The van der Waals surface area contributed by atoms with Crippen molar-refractivity contribution in [2.24, 2.45) is 0 Å². The number of hydrogen-bond acceptors (Lipinski definition) is 4. The molecule has 3 aromatic carbocycles. The summed E-state index contributed by atoms with van der Waals surface area (Å²) in [6, 6.07) is 24.0. The molecule has 3 rings (SSSR count). The van der Waals surface area contributed by atoms with Crippen molar-refractivity contribution in [1.29, 1.82) is 0 Å². The van der Waals surface area contributed by atoms with Gasteiger partial charge in [-0.05, 0) is 46.5 Å². The molecule has 0 N–H and O–H groups in total. The maximum atomic E-state index is 11.2. The highest BCUT2D eigenvalue weighted by Crippen LogP contribution is 2.37. The quantitative estimate of drug-likeness (QED) is 0.346. The van der Waals surface area contributed by atoms with Gasteiger partial charge in [0.05, 0.1) is 0 Å². The van der Waals surface area contributed by atoms with E-state index in [4.69, 9.17) is 9.47 Å². The molecule has 0 saturated carbocycles. The molecule has 0 aliphatic carbocycles. The molecule has 0 bridgehead atoms. The normalized spacial score (nSPS) is 11.7. The highest BCUT2D eigenvalue weighted by Gasteiger charge is 2.28. The summed E-state index contributed by atoms with van der Waals surface area (Å²) in [7, 11) is 0. The third-order valence-electron chi connectivity index (χ3n) is 5.98. The van der Waals surface area contributed by atoms with Crippen LogP contribution in [0.5, 0.6) is 11.5 Å². The maximum absolute atomic E-state index is 11.2. The van der Waals surface area contributed by atoms with E-state index in [9.17, 15) is 9.59 Å². The zero-order valence-electron chi connectivity index (χ0n) is 19.6. The van der Waals surface area contributed by atoms with Crippen molar-refractivity contribution in [3.63, 3.8) is 0 Å². The molecular weight excluding hydrogens is 400 g/mol. The molecule has 0 unspecified atom stereocenters. The molecule has 4 nitrogen and oxygen atoms in total. The van der Waals surface area contributed by atoms with Gasteiger partial charge in [-0.25, -0.2) is 0 Å². The van der Waals surface area contributed by atoms with Gasteiger partial charge < -0.3 is 9.47 Å². The van der Waals surface area contributed by atoms with Crippen LogP contribution in [0.25, 0.3) is 0 Å². The van der Waals surface area contributed by atoms with Crippen LogP contribution in [0.4, 0.5) is 0 Å².